The molecule has 2 nitrogen and oxygen atoms in total. The summed E-state index contributed by atoms with van der Waals surface area (Å²) in [6.07, 6.45) is 0. The smallest absolute Gasteiger partial charge is 0.170 e. The van der Waals surface area contributed by atoms with Gasteiger partial charge in [-0.2, -0.15) is 0 Å². The van der Waals surface area contributed by atoms with Gasteiger partial charge in [-0.1, -0.05) is 11.8 Å². The first kappa shape index (κ1) is 9.97. The van der Waals surface area contributed by atoms with Crippen LogP contribution in [0.1, 0.15) is 22.2 Å². The fourth-order valence-electron chi connectivity index (χ4n) is 0.908. The second kappa shape index (κ2) is 4.80. The van der Waals surface area contributed by atoms with Gasteiger partial charge in [0.05, 0.1) is 11.4 Å². The Morgan fingerprint density at radius 1 is 1.69 bits per heavy atom. The summed E-state index contributed by atoms with van der Waals surface area (Å²) in [5.74, 6) is 5.97. The largest absolute Gasteiger partial charge is 0.309 e. The molecule has 0 bridgehead atoms. The number of ketones is 1. The van der Waals surface area contributed by atoms with E-state index in [1.807, 2.05) is 18.5 Å². The summed E-state index contributed by atoms with van der Waals surface area (Å²) in [7, 11) is 1.84. The zero-order chi connectivity index (χ0) is 9.68. The standard InChI is InChI=1S/C10H11NOS/c1-8(12)10-9(5-7-13-10)4-3-6-11-2/h5,7,11H,6H2,1-2H3. The lowest BCUT2D eigenvalue weighted by molar-refractivity contribution is 0.102. The van der Waals surface area contributed by atoms with Gasteiger partial charge >= 0.3 is 0 Å². The second-order valence-corrected chi connectivity index (χ2v) is 3.47. The van der Waals surface area contributed by atoms with Gasteiger partial charge in [-0.05, 0) is 25.4 Å². The maximum absolute atomic E-state index is 11.1. The monoisotopic (exact) mass is 193 g/mol. The molecule has 1 N–H and O–H groups in total. The highest BCUT2D eigenvalue weighted by atomic mass is 32.1. The lowest BCUT2D eigenvalue weighted by Gasteiger charge is -1.89. The Balaban J connectivity index is 2.84. The van der Waals surface area contributed by atoms with Gasteiger partial charge in [0.1, 0.15) is 0 Å². The van der Waals surface area contributed by atoms with Crippen LogP contribution in [0.25, 0.3) is 0 Å². The second-order valence-electron chi connectivity index (χ2n) is 2.55. The predicted octanol–water partition coefficient (Wildman–Crippen LogP) is 1.52. The van der Waals surface area contributed by atoms with E-state index in [-0.39, 0.29) is 5.78 Å². The molecule has 0 aromatic carbocycles. The average Bonchev–Trinajstić information content (AvgIpc) is 2.53. The molecule has 1 aromatic heterocycles. The average molecular weight is 193 g/mol. The van der Waals surface area contributed by atoms with Crippen molar-refractivity contribution < 1.29 is 4.79 Å². The van der Waals surface area contributed by atoms with E-state index < -0.39 is 0 Å². The molecule has 1 heterocycles. The minimum Gasteiger partial charge on any atom is -0.309 e. The van der Waals surface area contributed by atoms with Crippen molar-refractivity contribution in [3.8, 4) is 11.8 Å². The summed E-state index contributed by atoms with van der Waals surface area (Å²) in [4.78, 5) is 11.8. The summed E-state index contributed by atoms with van der Waals surface area (Å²) in [6, 6.07) is 1.88. The van der Waals surface area contributed by atoms with Gasteiger partial charge in [-0.25, -0.2) is 0 Å². The molecule has 0 radical (unpaired) electrons. The van der Waals surface area contributed by atoms with E-state index >= 15 is 0 Å². The van der Waals surface area contributed by atoms with Crippen LogP contribution in [0, 0.1) is 11.8 Å². The quantitative estimate of drug-likeness (QED) is 0.570. The predicted molar refractivity (Wildman–Crippen MR) is 55.1 cm³/mol. The molecular weight excluding hydrogens is 182 g/mol. The summed E-state index contributed by atoms with van der Waals surface area (Å²) in [5.41, 5.74) is 0.841. The minimum atomic E-state index is 0.0868. The molecule has 0 amide bonds. The highest BCUT2D eigenvalue weighted by molar-refractivity contribution is 7.12. The van der Waals surface area contributed by atoms with E-state index in [1.54, 1.807) is 6.92 Å². The van der Waals surface area contributed by atoms with E-state index in [1.165, 1.54) is 11.3 Å². The van der Waals surface area contributed by atoms with Gasteiger partial charge in [0.15, 0.2) is 5.78 Å². The minimum absolute atomic E-state index is 0.0868. The Morgan fingerprint density at radius 2 is 2.46 bits per heavy atom. The number of nitrogens with one attached hydrogen (secondary N) is 1. The Morgan fingerprint density at radius 3 is 3.08 bits per heavy atom. The molecule has 68 valence electrons. The Hall–Kier alpha value is -1.11. The first-order chi connectivity index (χ1) is 6.25. The van der Waals surface area contributed by atoms with Gasteiger partial charge in [0, 0.05) is 5.56 Å². The van der Waals surface area contributed by atoms with Crippen molar-refractivity contribution in [2.45, 2.75) is 6.92 Å². The molecule has 1 aromatic rings. The molecule has 0 aliphatic carbocycles. The van der Waals surface area contributed by atoms with E-state index in [0.29, 0.717) is 6.54 Å². The molecule has 0 saturated heterocycles. The summed E-state index contributed by atoms with van der Waals surface area (Å²) in [5, 5.41) is 4.81. The number of thiophene rings is 1. The van der Waals surface area contributed by atoms with Crippen LogP contribution < -0.4 is 5.32 Å². The Labute approximate surface area is 82.0 Å². The van der Waals surface area contributed by atoms with E-state index in [0.717, 1.165) is 10.4 Å². The third-order valence-electron chi connectivity index (χ3n) is 1.47. The number of carbonyl (C=O) groups excluding carboxylic acids is 1. The zero-order valence-corrected chi connectivity index (χ0v) is 8.49. The van der Waals surface area contributed by atoms with Gasteiger partial charge in [0.25, 0.3) is 0 Å². The molecule has 0 saturated carbocycles. The highest BCUT2D eigenvalue weighted by Gasteiger charge is 2.05. The van der Waals surface area contributed by atoms with Crippen molar-refractivity contribution in [1.29, 1.82) is 0 Å². The molecule has 3 heteroatoms. The summed E-state index contributed by atoms with van der Waals surface area (Å²) < 4.78 is 0. The molecule has 0 spiro atoms. The Bertz CT molecular complexity index is 356. The summed E-state index contributed by atoms with van der Waals surface area (Å²) >= 11 is 1.44. The lowest BCUT2D eigenvalue weighted by Crippen LogP contribution is -2.04. The van der Waals surface area contributed by atoms with Crippen LogP contribution in [0.4, 0.5) is 0 Å². The molecule has 0 fully saturated rings. The van der Waals surface area contributed by atoms with Crippen LogP contribution in [0.2, 0.25) is 0 Å². The van der Waals surface area contributed by atoms with Crippen molar-refractivity contribution in [2.24, 2.45) is 0 Å². The number of carbonyl (C=O) groups is 1. The third kappa shape index (κ3) is 2.69. The molecule has 0 aliphatic rings. The number of hydrogen-bond donors (Lipinski definition) is 1. The molecule has 13 heavy (non-hydrogen) atoms. The highest BCUT2D eigenvalue weighted by Crippen LogP contribution is 2.15. The molecule has 0 atom stereocenters. The lowest BCUT2D eigenvalue weighted by atomic mass is 10.2. The SMILES string of the molecule is CNCC#Cc1ccsc1C(C)=O. The number of hydrogen-bond acceptors (Lipinski definition) is 3. The third-order valence-corrected chi connectivity index (χ3v) is 2.49. The Kier molecular flexibility index (Phi) is 3.69. The van der Waals surface area contributed by atoms with E-state index in [4.69, 9.17) is 0 Å². The van der Waals surface area contributed by atoms with Crippen molar-refractivity contribution in [2.75, 3.05) is 13.6 Å². The van der Waals surface area contributed by atoms with Crippen molar-refractivity contribution in [3.05, 3.63) is 21.9 Å². The van der Waals surface area contributed by atoms with Gasteiger partial charge in [-0.3, -0.25) is 4.79 Å². The topological polar surface area (TPSA) is 29.1 Å². The maximum atomic E-state index is 11.1. The van der Waals surface area contributed by atoms with E-state index in [2.05, 4.69) is 17.2 Å². The first-order valence-corrected chi connectivity index (χ1v) is 4.85. The van der Waals surface area contributed by atoms with Crippen LogP contribution in [0.5, 0.6) is 0 Å². The fourth-order valence-corrected chi connectivity index (χ4v) is 1.66. The van der Waals surface area contributed by atoms with Crippen molar-refractivity contribution in [1.82, 2.24) is 5.32 Å². The number of Topliss-reactive ketones (excluding diaryl/α,β-unsaturated/α-hetero) is 1. The number of rotatable bonds is 2. The van der Waals surface area contributed by atoms with Crippen molar-refractivity contribution in [3.63, 3.8) is 0 Å². The first-order valence-electron chi connectivity index (χ1n) is 3.97. The van der Waals surface area contributed by atoms with Crippen LogP contribution in [0.15, 0.2) is 11.4 Å². The summed E-state index contributed by atoms with van der Waals surface area (Å²) in [6.45, 7) is 2.21. The molecule has 0 unspecified atom stereocenters. The zero-order valence-electron chi connectivity index (χ0n) is 7.68. The van der Waals surface area contributed by atoms with Gasteiger partial charge < -0.3 is 5.32 Å². The van der Waals surface area contributed by atoms with Crippen LogP contribution in [0.3, 0.4) is 0 Å². The fraction of sp³-hybridized carbons (Fsp3) is 0.300. The normalized spacial score (nSPS) is 9.08. The molecule has 1 rings (SSSR count). The van der Waals surface area contributed by atoms with Crippen molar-refractivity contribution >= 4 is 17.1 Å². The van der Waals surface area contributed by atoms with Crippen LogP contribution >= 0.6 is 11.3 Å². The van der Waals surface area contributed by atoms with Gasteiger partial charge in [0.2, 0.25) is 0 Å². The van der Waals surface area contributed by atoms with E-state index in [9.17, 15) is 4.79 Å². The van der Waals surface area contributed by atoms with Crippen LogP contribution in [-0.4, -0.2) is 19.4 Å². The van der Waals surface area contributed by atoms with Crippen LogP contribution in [-0.2, 0) is 0 Å². The maximum Gasteiger partial charge on any atom is 0.170 e. The molecule has 0 aliphatic heterocycles. The van der Waals surface area contributed by atoms with Gasteiger partial charge in [-0.15, -0.1) is 11.3 Å². The molecular formula is C10H11NOS.